The highest BCUT2D eigenvalue weighted by molar-refractivity contribution is 8.13. The first-order valence-corrected chi connectivity index (χ1v) is 11.9. The minimum absolute atomic E-state index is 0.0355. The van der Waals surface area contributed by atoms with Gasteiger partial charge in [0.1, 0.15) is 6.54 Å². The number of anilines is 1. The van der Waals surface area contributed by atoms with Crippen LogP contribution in [-0.4, -0.2) is 33.6 Å². The van der Waals surface area contributed by atoms with Crippen LogP contribution in [0.1, 0.15) is 39.7 Å². The third-order valence-corrected chi connectivity index (χ3v) is 6.50. The lowest BCUT2D eigenvalue weighted by atomic mass is 9.81. The minimum atomic E-state index is -0.131. The standard InChI is InChI=1S/C27H31N2O2S/c1-21(30)28(23-13-6-5-7-14-23)18-11-10-17-26-27(3,4)24-15-8-9-16-25(24)29(26)19-12-20-32-22(2)31/h5-11,13-18H,12,19-20H2,1-4H3/q+1. The fraction of sp³-hybridized carbons (Fsp3) is 0.296. The Labute approximate surface area is 195 Å². The van der Waals surface area contributed by atoms with Crippen molar-refractivity contribution >= 4 is 39.9 Å². The zero-order valence-electron chi connectivity index (χ0n) is 19.2. The molecule has 0 atom stereocenters. The number of carbonyl (C=O) groups excluding carboxylic acids is 2. The van der Waals surface area contributed by atoms with E-state index in [1.807, 2.05) is 42.5 Å². The Hall–Kier alpha value is -2.92. The number of hydrogen-bond donors (Lipinski definition) is 0. The summed E-state index contributed by atoms with van der Waals surface area (Å²) in [6, 6.07) is 18.1. The average molecular weight is 448 g/mol. The molecule has 0 aromatic heterocycles. The van der Waals surface area contributed by atoms with Gasteiger partial charge in [-0.2, -0.15) is 4.58 Å². The summed E-state index contributed by atoms with van der Waals surface area (Å²) in [5.74, 6) is 0.780. The maximum Gasteiger partial charge on any atom is 0.227 e. The molecule has 0 aliphatic carbocycles. The van der Waals surface area contributed by atoms with Crippen molar-refractivity contribution in [1.82, 2.24) is 0 Å². The van der Waals surface area contributed by atoms with Gasteiger partial charge in [0, 0.05) is 55.6 Å². The second kappa shape index (κ2) is 10.6. The predicted molar refractivity (Wildman–Crippen MR) is 135 cm³/mol. The molecule has 0 unspecified atom stereocenters. The first-order chi connectivity index (χ1) is 15.3. The summed E-state index contributed by atoms with van der Waals surface area (Å²) in [5, 5.41) is 0.162. The molecular formula is C27H31N2O2S+. The number of benzene rings is 2. The van der Waals surface area contributed by atoms with Crippen molar-refractivity contribution in [1.29, 1.82) is 0 Å². The highest BCUT2D eigenvalue weighted by Gasteiger charge is 2.43. The Morgan fingerprint density at radius 3 is 2.38 bits per heavy atom. The molecule has 2 aromatic carbocycles. The molecule has 0 bridgehead atoms. The van der Waals surface area contributed by atoms with Gasteiger partial charge in [0.05, 0.1) is 5.41 Å². The molecule has 2 aromatic rings. The number of allylic oxidation sites excluding steroid dienone is 3. The predicted octanol–water partition coefficient (Wildman–Crippen LogP) is 5.86. The summed E-state index contributed by atoms with van der Waals surface area (Å²) in [6.07, 6.45) is 8.77. The van der Waals surface area contributed by atoms with Gasteiger partial charge in [-0.1, -0.05) is 54.2 Å². The highest BCUT2D eigenvalue weighted by Crippen LogP contribution is 2.39. The molecule has 0 spiro atoms. The third-order valence-electron chi connectivity index (χ3n) is 5.60. The summed E-state index contributed by atoms with van der Waals surface area (Å²) in [4.78, 5) is 25.0. The molecule has 3 rings (SSSR count). The van der Waals surface area contributed by atoms with Crippen LogP contribution in [0.25, 0.3) is 0 Å². The zero-order chi connectivity index (χ0) is 23.1. The van der Waals surface area contributed by atoms with Crippen molar-refractivity contribution < 1.29 is 14.2 Å². The van der Waals surface area contributed by atoms with Crippen LogP contribution < -0.4 is 4.90 Å². The normalized spacial score (nSPS) is 14.9. The minimum Gasteiger partial charge on any atom is -0.288 e. The van der Waals surface area contributed by atoms with Crippen molar-refractivity contribution in [3.8, 4) is 0 Å². The van der Waals surface area contributed by atoms with Crippen LogP contribution in [0.3, 0.4) is 0 Å². The number of thioether (sulfide) groups is 1. The molecule has 0 N–H and O–H groups in total. The summed E-state index contributed by atoms with van der Waals surface area (Å²) < 4.78 is 2.36. The number of carbonyl (C=O) groups is 2. The Morgan fingerprint density at radius 2 is 1.69 bits per heavy atom. The van der Waals surface area contributed by atoms with E-state index in [2.05, 4.69) is 48.8 Å². The van der Waals surface area contributed by atoms with E-state index in [1.54, 1.807) is 24.9 Å². The second-order valence-corrected chi connectivity index (χ2v) is 9.57. The van der Waals surface area contributed by atoms with Gasteiger partial charge in [-0.15, -0.1) is 0 Å². The molecule has 32 heavy (non-hydrogen) atoms. The molecule has 0 saturated heterocycles. The second-order valence-electron chi connectivity index (χ2n) is 8.30. The van der Waals surface area contributed by atoms with E-state index in [-0.39, 0.29) is 16.4 Å². The van der Waals surface area contributed by atoms with Crippen LogP contribution >= 0.6 is 11.8 Å². The molecule has 4 nitrogen and oxygen atoms in total. The van der Waals surface area contributed by atoms with Crippen molar-refractivity contribution in [2.24, 2.45) is 0 Å². The SMILES string of the molecule is CC(=O)SCCC[N+]1=C(/C=C/C=C/N(C(C)=O)c2ccccc2)C(C)(C)c2ccccc21. The lowest BCUT2D eigenvalue weighted by Gasteiger charge is -2.16. The number of fused-ring (bicyclic) bond motifs is 1. The van der Waals surface area contributed by atoms with Gasteiger partial charge in [-0.05, 0) is 32.1 Å². The monoisotopic (exact) mass is 447 g/mol. The van der Waals surface area contributed by atoms with E-state index in [0.29, 0.717) is 0 Å². The summed E-state index contributed by atoms with van der Waals surface area (Å²) in [5.41, 5.74) is 4.45. The van der Waals surface area contributed by atoms with Crippen LogP contribution in [0.4, 0.5) is 11.4 Å². The number of hydrogen-bond acceptors (Lipinski definition) is 3. The highest BCUT2D eigenvalue weighted by atomic mass is 32.2. The molecular weight excluding hydrogens is 416 g/mol. The Balaban J connectivity index is 1.85. The van der Waals surface area contributed by atoms with E-state index >= 15 is 0 Å². The quantitative estimate of drug-likeness (QED) is 0.289. The number of para-hydroxylation sites is 2. The topological polar surface area (TPSA) is 40.4 Å². The zero-order valence-corrected chi connectivity index (χ0v) is 20.1. The number of nitrogens with zero attached hydrogens (tertiary/aromatic N) is 2. The van der Waals surface area contributed by atoms with Crippen molar-refractivity contribution in [2.75, 3.05) is 17.2 Å². The number of amides is 1. The van der Waals surface area contributed by atoms with Gasteiger partial charge in [-0.3, -0.25) is 14.5 Å². The first-order valence-electron chi connectivity index (χ1n) is 10.9. The van der Waals surface area contributed by atoms with Gasteiger partial charge >= 0.3 is 0 Å². The smallest absolute Gasteiger partial charge is 0.227 e. The van der Waals surface area contributed by atoms with Gasteiger partial charge in [0.15, 0.2) is 10.8 Å². The molecule has 0 radical (unpaired) electrons. The Bertz CT molecular complexity index is 1070. The van der Waals surface area contributed by atoms with Crippen LogP contribution in [0.15, 0.2) is 79.0 Å². The van der Waals surface area contributed by atoms with Gasteiger partial charge in [-0.25, -0.2) is 0 Å². The third kappa shape index (κ3) is 5.46. The molecule has 1 amide bonds. The fourth-order valence-corrected chi connectivity index (χ4v) is 4.63. The summed E-state index contributed by atoms with van der Waals surface area (Å²) in [7, 11) is 0. The first kappa shape index (κ1) is 23.7. The molecule has 0 fully saturated rings. The summed E-state index contributed by atoms with van der Waals surface area (Å²) in [6.45, 7) is 8.52. The molecule has 1 aliphatic rings. The largest absolute Gasteiger partial charge is 0.288 e. The van der Waals surface area contributed by atoms with Crippen LogP contribution in [0, 0.1) is 0 Å². The number of rotatable bonds is 8. The Morgan fingerprint density at radius 1 is 1.00 bits per heavy atom. The average Bonchev–Trinajstić information content (AvgIpc) is 2.98. The van der Waals surface area contributed by atoms with Crippen molar-refractivity contribution in [3.63, 3.8) is 0 Å². The van der Waals surface area contributed by atoms with E-state index in [0.717, 1.165) is 24.4 Å². The maximum atomic E-state index is 12.1. The van der Waals surface area contributed by atoms with Gasteiger partial charge < -0.3 is 0 Å². The van der Waals surface area contributed by atoms with Gasteiger partial charge in [0.25, 0.3) is 0 Å². The van der Waals surface area contributed by atoms with Crippen LogP contribution in [0.5, 0.6) is 0 Å². The molecule has 1 heterocycles. The molecule has 166 valence electrons. The van der Waals surface area contributed by atoms with E-state index in [1.165, 1.54) is 28.7 Å². The molecule has 1 aliphatic heterocycles. The van der Waals surface area contributed by atoms with Gasteiger partial charge in [0.2, 0.25) is 11.6 Å². The molecule has 0 saturated carbocycles. The van der Waals surface area contributed by atoms with E-state index < -0.39 is 0 Å². The lowest BCUT2D eigenvalue weighted by molar-refractivity contribution is -0.437. The van der Waals surface area contributed by atoms with E-state index in [9.17, 15) is 9.59 Å². The van der Waals surface area contributed by atoms with E-state index in [4.69, 9.17) is 0 Å². The van der Waals surface area contributed by atoms with Crippen molar-refractivity contribution in [2.45, 2.75) is 39.5 Å². The van der Waals surface area contributed by atoms with Crippen LogP contribution in [0.2, 0.25) is 0 Å². The van der Waals surface area contributed by atoms with Crippen LogP contribution in [-0.2, 0) is 15.0 Å². The van der Waals surface area contributed by atoms with Crippen molar-refractivity contribution in [3.05, 3.63) is 84.6 Å². The lowest BCUT2D eigenvalue weighted by Crippen LogP contribution is -2.28. The Kier molecular flexibility index (Phi) is 7.86. The molecule has 5 heteroatoms. The fourth-order valence-electron chi connectivity index (χ4n) is 4.06. The maximum absolute atomic E-state index is 12.1. The summed E-state index contributed by atoms with van der Waals surface area (Å²) >= 11 is 1.38.